The molecular formula is C24H21F2N5O2S3. The quantitative estimate of drug-likeness (QED) is 0.115. The van der Waals surface area contributed by atoms with Crippen molar-refractivity contribution in [3.63, 3.8) is 0 Å². The molecule has 0 saturated heterocycles. The first-order valence-corrected chi connectivity index (χ1v) is 13.4. The third-order valence-electron chi connectivity index (χ3n) is 4.74. The van der Waals surface area contributed by atoms with Crippen LogP contribution in [0.1, 0.15) is 28.9 Å². The highest BCUT2D eigenvalue weighted by atomic mass is 32.2. The second kappa shape index (κ2) is 12.2. The molecular weight excluding hydrogens is 524 g/mol. The number of aromatic nitrogens is 3. The van der Waals surface area contributed by atoms with Crippen molar-refractivity contribution in [3.05, 3.63) is 71.0 Å². The fourth-order valence-electron chi connectivity index (χ4n) is 3.13. The monoisotopic (exact) mass is 545 g/mol. The number of halogens is 2. The van der Waals surface area contributed by atoms with Crippen molar-refractivity contribution in [3.8, 4) is 5.75 Å². The van der Waals surface area contributed by atoms with E-state index in [9.17, 15) is 13.6 Å². The molecule has 0 bridgehead atoms. The number of thioether (sulfide) groups is 2. The molecule has 4 aromatic rings. The zero-order valence-corrected chi connectivity index (χ0v) is 21.7. The van der Waals surface area contributed by atoms with Gasteiger partial charge < -0.3 is 4.74 Å². The van der Waals surface area contributed by atoms with E-state index in [2.05, 4.69) is 25.5 Å². The predicted molar refractivity (Wildman–Crippen MR) is 140 cm³/mol. The number of hydrazone groups is 1. The van der Waals surface area contributed by atoms with Crippen LogP contribution in [-0.2, 0) is 10.5 Å². The number of nitrogens with zero attached hydrogens (tertiary/aromatic N) is 4. The summed E-state index contributed by atoms with van der Waals surface area (Å²) in [6.07, 6.45) is -1.12. The highest BCUT2D eigenvalue weighted by Gasteiger charge is 2.13. The number of ether oxygens (including phenoxy) is 1. The van der Waals surface area contributed by atoms with Crippen LogP contribution < -0.4 is 10.2 Å². The summed E-state index contributed by atoms with van der Waals surface area (Å²) in [5.74, 6) is 0.991. The van der Waals surface area contributed by atoms with Gasteiger partial charge in [0.25, 0.3) is 12.3 Å². The minimum absolute atomic E-state index is 0.193. The zero-order valence-electron chi connectivity index (χ0n) is 19.3. The van der Waals surface area contributed by atoms with Gasteiger partial charge in [-0.2, -0.15) is 5.10 Å². The molecule has 0 aliphatic rings. The molecule has 2 aromatic carbocycles. The summed E-state index contributed by atoms with van der Waals surface area (Å²) in [5, 5.41) is 4.31. The third-order valence-corrected chi connectivity index (χ3v) is 7.82. The van der Waals surface area contributed by atoms with Gasteiger partial charge in [-0.15, -0.1) is 11.3 Å². The van der Waals surface area contributed by atoms with Gasteiger partial charge in [-0.3, -0.25) is 4.79 Å². The molecule has 0 saturated carbocycles. The summed E-state index contributed by atoms with van der Waals surface area (Å²) in [5.41, 5.74) is 5.18. The normalized spacial score (nSPS) is 11.5. The van der Waals surface area contributed by atoms with E-state index < -0.39 is 6.43 Å². The Labute approximate surface area is 218 Å². The van der Waals surface area contributed by atoms with Crippen LogP contribution in [0.15, 0.2) is 63.1 Å². The second-order valence-electron chi connectivity index (χ2n) is 7.41. The van der Waals surface area contributed by atoms with E-state index in [0.29, 0.717) is 17.2 Å². The highest BCUT2D eigenvalue weighted by molar-refractivity contribution is 8.01. The van der Waals surface area contributed by atoms with Crippen LogP contribution in [0, 0.1) is 6.92 Å². The number of benzene rings is 2. The molecule has 0 aliphatic heterocycles. The maximum absolute atomic E-state index is 13.0. The van der Waals surface area contributed by atoms with Gasteiger partial charge in [0.2, 0.25) is 0 Å². The zero-order chi connectivity index (χ0) is 25.5. The summed E-state index contributed by atoms with van der Waals surface area (Å²) in [6.45, 7) is 1.65. The molecule has 4 rings (SSSR count). The topological polar surface area (TPSA) is 89.4 Å². The molecule has 0 aliphatic carbocycles. The predicted octanol–water partition coefficient (Wildman–Crippen LogP) is 5.88. The first-order chi connectivity index (χ1) is 17.4. The Bertz CT molecular complexity index is 1360. The van der Waals surface area contributed by atoms with E-state index in [0.717, 1.165) is 25.7 Å². The van der Waals surface area contributed by atoms with E-state index in [1.165, 1.54) is 35.8 Å². The molecule has 186 valence electrons. The Kier molecular flexibility index (Phi) is 8.83. The van der Waals surface area contributed by atoms with E-state index in [1.54, 1.807) is 37.5 Å². The summed E-state index contributed by atoms with van der Waals surface area (Å²) < 4.78 is 33.4. The molecule has 0 radical (unpaired) electrons. The molecule has 0 unspecified atom stereocenters. The van der Waals surface area contributed by atoms with Crippen LogP contribution in [0.3, 0.4) is 0 Å². The Hall–Kier alpha value is -3.09. The molecule has 2 heterocycles. The standard InChI is InChI=1S/C24H21F2N5O2S3/c1-14-9-18(22(25)26)29-23(28-14)34-12-16-10-15(7-8-19(16)33-2)11-27-31-21(32)13-35-24-30-17-5-3-4-6-20(17)36-24/h3-11,22H,12-13H2,1-2H3,(H,31,32)/b27-11-. The fourth-order valence-corrected chi connectivity index (χ4v) is 5.88. The van der Waals surface area contributed by atoms with E-state index in [-0.39, 0.29) is 22.5 Å². The van der Waals surface area contributed by atoms with Gasteiger partial charge >= 0.3 is 0 Å². The minimum atomic E-state index is -2.66. The van der Waals surface area contributed by atoms with Crippen molar-refractivity contribution in [2.24, 2.45) is 5.10 Å². The molecule has 0 spiro atoms. The lowest BCUT2D eigenvalue weighted by atomic mass is 10.1. The Morgan fingerprint density at radius 2 is 2.00 bits per heavy atom. The van der Waals surface area contributed by atoms with Gasteiger partial charge in [0.15, 0.2) is 9.50 Å². The molecule has 7 nitrogen and oxygen atoms in total. The van der Waals surface area contributed by atoms with Crippen molar-refractivity contribution >= 4 is 57.2 Å². The summed E-state index contributed by atoms with van der Waals surface area (Å²) in [4.78, 5) is 24.8. The fraction of sp³-hybridized carbons (Fsp3) is 0.208. The van der Waals surface area contributed by atoms with Gasteiger partial charge in [-0.05, 0) is 48.9 Å². The SMILES string of the molecule is COc1ccc(/C=N\NC(=O)CSc2nc3ccccc3s2)cc1CSc1nc(C)cc(C(F)F)n1. The minimum Gasteiger partial charge on any atom is -0.496 e. The van der Waals surface area contributed by atoms with Crippen LogP contribution in [-0.4, -0.2) is 39.9 Å². The van der Waals surface area contributed by atoms with Gasteiger partial charge in [0.1, 0.15) is 11.4 Å². The van der Waals surface area contributed by atoms with Gasteiger partial charge in [0, 0.05) is 17.0 Å². The van der Waals surface area contributed by atoms with Crippen LogP contribution in [0.2, 0.25) is 0 Å². The number of nitrogens with one attached hydrogen (secondary N) is 1. The van der Waals surface area contributed by atoms with Crippen molar-refractivity contribution in [2.45, 2.75) is 28.6 Å². The average molecular weight is 546 g/mol. The number of alkyl halides is 2. The number of aryl methyl sites for hydroxylation is 1. The molecule has 1 amide bonds. The number of rotatable bonds is 10. The van der Waals surface area contributed by atoms with E-state index >= 15 is 0 Å². The van der Waals surface area contributed by atoms with Crippen molar-refractivity contribution < 1.29 is 18.3 Å². The maximum atomic E-state index is 13.0. The number of methoxy groups -OCH3 is 1. The molecule has 36 heavy (non-hydrogen) atoms. The average Bonchev–Trinajstić information content (AvgIpc) is 3.29. The largest absolute Gasteiger partial charge is 0.496 e. The van der Waals surface area contributed by atoms with Crippen molar-refractivity contribution in [2.75, 3.05) is 12.9 Å². The number of fused-ring (bicyclic) bond motifs is 1. The number of thiazole rings is 1. The third kappa shape index (κ3) is 6.99. The Morgan fingerprint density at radius 1 is 1.17 bits per heavy atom. The van der Waals surface area contributed by atoms with Crippen LogP contribution in [0.4, 0.5) is 8.78 Å². The smallest absolute Gasteiger partial charge is 0.280 e. The number of para-hydroxylation sites is 1. The molecule has 12 heteroatoms. The maximum Gasteiger partial charge on any atom is 0.280 e. The Balaban J connectivity index is 1.34. The highest BCUT2D eigenvalue weighted by Crippen LogP contribution is 2.30. The van der Waals surface area contributed by atoms with Crippen molar-refractivity contribution in [1.29, 1.82) is 0 Å². The molecule has 1 N–H and O–H groups in total. The lowest BCUT2D eigenvalue weighted by Gasteiger charge is -2.10. The summed E-state index contributed by atoms with van der Waals surface area (Å²) in [7, 11) is 1.55. The van der Waals surface area contributed by atoms with Crippen molar-refractivity contribution in [1.82, 2.24) is 20.4 Å². The number of hydrogen-bond donors (Lipinski definition) is 1. The molecule has 0 fully saturated rings. The Morgan fingerprint density at radius 3 is 2.78 bits per heavy atom. The first kappa shape index (κ1) is 26.0. The van der Waals surface area contributed by atoms with Gasteiger partial charge in [0.05, 0.1) is 29.3 Å². The molecule has 0 atom stereocenters. The van der Waals surface area contributed by atoms with Crippen LogP contribution >= 0.6 is 34.9 Å². The lowest BCUT2D eigenvalue weighted by Crippen LogP contribution is -2.19. The number of carbonyl (C=O) groups is 1. The number of hydrogen-bond acceptors (Lipinski definition) is 9. The molecule has 2 aromatic heterocycles. The van der Waals surface area contributed by atoms with Gasteiger partial charge in [-0.1, -0.05) is 35.7 Å². The van der Waals surface area contributed by atoms with E-state index in [4.69, 9.17) is 4.74 Å². The first-order valence-electron chi connectivity index (χ1n) is 10.6. The van der Waals surface area contributed by atoms with E-state index in [1.807, 2.05) is 30.3 Å². The lowest BCUT2D eigenvalue weighted by molar-refractivity contribution is -0.118. The summed E-state index contributed by atoms with van der Waals surface area (Å²) in [6, 6.07) is 14.5. The number of carbonyl (C=O) groups excluding carboxylic acids is 1. The van der Waals surface area contributed by atoms with Crippen LogP contribution in [0.25, 0.3) is 10.2 Å². The van der Waals surface area contributed by atoms with Gasteiger partial charge in [-0.25, -0.2) is 29.2 Å². The van der Waals surface area contributed by atoms with Crippen LogP contribution in [0.5, 0.6) is 5.75 Å². The second-order valence-corrected chi connectivity index (χ2v) is 10.6. The number of amides is 1. The summed E-state index contributed by atoms with van der Waals surface area (Å²) >= 11 is 4.14.